The second-order valence-corrected chi connectivity index (χ2v) is 5.47. The fourth-order valence-corrected chi connectivity index (χ4v) is 2.47. The maximum Gasteiger partial charge on any atom is 0.245 e. The Bertz CT molecular complexity index is 304. The van der Waals surface area contributed by atoms with E-state index in [0.717, 1.165) is 25.7 Å². The minimum absolute atomic E-state index is 0.0240. The second-order valence-electron chi connectivity index (χ2n) is 5.47. The molecule has 0 aromatic carbocycles. The van der Waals surface area contributed by atoms with Gasteiger partial charge in [0, 0.05) is 6.04 Å². The molecule has 1 N–H and O–H groups in total. The molecule has 2 amide bonds. The van der Waals surface area contributed by atoms with E-state index in [-0.39, 0.29) is 30.4 Å². The van der Waals surface area contributed by atoms with E-state index in [9.17, 15) is 9.59 Å². The van der Waals surface area contributed by atoms with Gasteiger partial charge < -0.3 is 10.2 Å². The van der Waals surface area contributed by atoms with Crippen molar-refractivity contribution in [2.75, 3.05) is 6.54 Å². The van der Waals surface area contributed by atoms with Crippen LogP contribution in [0.5, 0.6) is 0 Å². The van der Waals surface area contributed by atoms with Crippen molar-refractivity contribution in [1.82, 2.24) is 10.2 Å². The highest BCUT2D eigenvalue weighted by Crippen LogP contribution is 2.18. The molecule has 0 spiro atoms. The van der Waals surface area contributed by atoms with Crippen molar-refractivity contribution in [3.8, 4) is 0 Å². The lowest BCUT2D eigenvalue weighted by Gasteiger charge is -2.37. The lowest BCUT2D eigenvalue weighted by atomic mass is 9.97. The third-order valence-electron chi connectivity index (χ3n) is 3.78. The minimum Gasteiger partial charge on any atom is -0.343 e. The van der Waals surface area contributed by atoms with E-state index in [4.69, 9.17) is 0 Å². The Kier molecular flexibility index (Phi) is 5.63. The summed E-state index contributed by atoms with van der Waals surface area (Å²) in [6.07, 6.45) is 3.71. The van der Waals surface area contributed by atoms with Crippen molar-refractivity contribution in [1.29, 1.82) is 0 Å². The van der Waals surface area contributed by atoms with Crippen LogP contribution >= 0.6 is 0 Å². The molecule has 3 unspecified atom stereocenters. The first kappa shape index (κ1) is 15.0. The SMILES string of the molecule is CCCC1NC(=O)CN(C(C)CC(C)CC)C1=O. The number of amides is 2. The summed E-state index contributed by atoms with van der Waals surface area (Å²) in [7, 11) is 0. The van der Waals surface area contributed by atoms with E-state index in [1.807, 2.05) is 13.8 Å². The third-order valence-corrected chi connectivity index (χ3v) is 3.78. The third kappa shape index (κ3) is 3.72. The van der Waals surface area contributed by atoms with E-state index in [2.05, 4.69) is 19.2 Å². The zero-order valence-corrected chi connectivity index (χ0v) is 12.0. The van der Waals surface area contributed by atoms with Crippen molar-refractivity contribution in [2.24, 2.45) is 5.92 Å². The first-order chi connectivity index (χ1) is 8.49. The van der Waals surface area contributed by atoms with Gasteiger partial charge >= 0.3 is 0 Å². The lowest BCUT2D eigenvalue weighted by molar-refractivity contribution is -0.146. The van der Waals surface area contributed by atoms with Crippen molar-refractivity contribution in [2.45, 2.75) is 65.5 Å². The van der Waals surface area contributed by atoms with Crippen LogP contribution in [0.1, 0.15) is 53.4 Å². The largest absolute Gasteiger partial charge is 0.343 e. The molecular weight excluding hydrogens is 228 g/mol. The number of nitrogens with zero attached hydrogens (tertiary/aromatic N) is 1. The molecule has 1 aliphatic heterocycles. The number of hydrogen-bond donors (Lipinski definition) is 1. The number of piperazine rings is 1. The summed E-state index contributed by atoms with van der Waals surface area (Å²) in [6, 6.07) is -0.159. The molecule has 1 heterocycles. The Hall–Kier alpha value is -1.06. The van der Waals surface area contributed by atoms with Crippen LogP contribution in [0.2, 0.25) is 0 Å². The predicted octanol–water partition coefficient (Wildman–Crippen LogP) is 1.94. The van der Waals surface area contributed by atoms with Gasteiger partial charge in [-0.2, -0.15) is 0 Å². The quantitative estimate of drug-likeness (QED) is 0.787. The summed E-state index contributed by atoms with van der Waals surface area (Å²) in [4.78, 5) is 25.7. The van der Waals surface area contributed by atoms with Gasteiger partial charge in [-0.05, 0) is 25.7 Å². The van der Waals surface area contributed by atoms with Gasteiger partial charge in [0.2, 0.25) is 11.8 Å². The molecule has 1 aliphatic rings. The van der Waals surface area contributed by atoms with Gasteiger partial charge in [-0.3, -0.25) is 9.59 Å². The summed E-state index contributed by atoms with van der Waals surface area (Å²) in [5, 5.41) is 2.79. The molecule has 4 heteroatoms. The van der Waals surface area contributed by atoms with Crippen LogP contribution in [-0.2, 0) is 9.59 Å². The number of carbonyl (C=O) groups is 2. The zero-order chi connectivity index (χ0) is 13.7. The van der Waals surface area contributed by atoms with Gasteiger partial charge in [0.25, 0.3) is 0 Å². The average molecular weight is 254 g/mol. The van der Waals surface area contributed by atoms with Crippen LogP contribution in [0.4, 0.5) is 0 Å². The molecule has 0 radical (unpaired) electrons. The molecule has 4 nitrogen and oxygen atoms in total. The first-order valence-corrected chi connectivity index (χ1v) is 7.09. The van der Waals surface area contributed by atoms with Crippen molar-refractivity contribution in [3.05, 3.63) is 0 Å². The average Bonchev–Trinajstić information content (AvgIpc) is 2.33. The van der Waals surface area contributed by atoms with Crippen LogP contribution in [0.15, 0.2) is 0 Å². The number of rotatable bonds is 6. The molecule has 0 aliphatic carbocycles. The Morgan fingerprint density at radius 3 is 2.56 bits per heavy atom. The maximum atomic E-state index is 12.3. The van der Waals surface area contributed by atoms with E-state index in [1.54, 1.807) is 4.90 Å². The Morgan fingerprint density at radius 2 is 2.00 bits per heavy atom. The van der Waals surface area contributed by atoms with E-state index in [0.29, 0.717) is 5.92 Å². The van der Waals surface area contributed by atoms with E-state index in [1.165, 1.54) is 0 Å². The summed E-state index contributed by atoms with van der Waals surface area (Å²) in [5.74, 6) is 0.652. The zero-order valence-electron chi connectivity index (χ0n) is 12.0. The van der Waals surface area contributed by atoms with Gasteiger partial charge in [0.05, 0.1) is 6.54 Å². The molecular formula is C14H26N2O2. The first-order valence-electron chi connectivity index (χ1n) is 7.09. The van der Waals surface area contributed by atoms with Crippen molar-refractivity contribution in [3.63, 3.8) is 0 Å². The van der Waals surface area contributed by atoms with E-state index >= 15 is 0 Å². The highest BCUT2D eigenvalue weighted by molar-refractivity contribution is 5.94. The smallest absolute Gasteiger partial charge is 0.245 e. The molecule has 0 aromatic rings. The van der Waals surface area contributed by atoms with Gasteiger partial charge in [-0.25, -0.2) is 0 Å². The summed E-state index contributed by atoms with van der Waals surface area (Å²) >= 11 is 0. The maximum absolute atomic E-state index is 12.3. The van der Waals surface area contributed by atoms with Gasteiger partial charge in [0.1, 0.15) is 6.04 Å². The second kappa shape index (κ2) is 6.76. The fraction of sp³-hybridized carbons (Fsp3) is 0.857. The number of nitrogens with one attached hydrogen (secondary N) is 1. The number of hydrogen-bond acceptors (Lipinski definition) is 2. The Morgan fingerprint density at radius 1 is 1.33 bits per heavy atom. The minimum atomic E-state index is -0.310. The summed E-state index contributed by atoms with van der Waals surface area (Å²) in [6.45, 7) is 8.64. The highest BCUT2D eigenvalue weighted by atomic mass is 16.2. The topological polar surface area (TPSA) is 49.4 Å². The van der Waals surface area contributed by atoms with Crippen LogP contribution in [0.25, 0.3) is 0 Å². The molecule has 0 saturated carbocycles. The fourth-order valence-electron chi connectivity index (χ4n) is 2.47. The molecule has 104 valence electrons. The van der Waals surface area contributed by atoms with Crippen LogP contribution in [-0.4, -0.2) is 35.3 Å². The summed E-state index contributed by atoms with van der Waals surface area (Å²) < 4.78 is 0. The van der Waals surface area contributed by atoms with Crippen LogP contribution in [0.3, 0.4) is 0 Å². The predicted molar refractivity (Wildman–Crippen MR) is 72.1 cm³/mol. The highest BCUT2D eigenvalue weighted by Gasteiger charge is 2.34. The van der Waals surface area contributed by atoms with Gasteiger partial charge in [-0.15, -0.1) is 0 Å². The molecule has 1 rings (SSSR count). The molecule has 18 heavy (non-hydrogen) atoms. The van der Waals surface area contributed by atoms with Crippen LogP contribution in [0, 0.1) is 5.92 Å². The standard InChI is InChI=1S/C14H26N2O2/c1-5-7-12-14(18)16(9-13(17)15-12)11(4)8-10(3)6-2/h10-12H,5-9H2,1-4H3,(H,15,17). The van der Waals surface area contributed by atoms with Gasteiger partial charge in [-0.1, -0.05) is 33.6 Å². The van der Waals surface area contributed by atoms with Crippen LogP contribution < -0.4 is 5.32 Å². The number of carbonyl (C=O) groups excluding carboxylic acids is 2. The molecule has 0 aromatic heterocycles. The Balaban J connectivity index is 2.67. The molecule has 1 fully saturated rings. The van der Waals surface area contributed by atoms with Crippen molar-refractivity contribution < 1.29 is 9.59 Å². The Labute approximate surface area is 110 Å². The molecule has 1 saturated heterocycles. The van der Waals surface area contributed by atoms with Crippen molar-refractivity contribution >= 4 is 11.8 Å². The summed E-state index contributed by atoms with van der Waals surface area (Å²) in [5.41, 5.74) is 0. The molecule has 0 bridgehead atoms. The monoisotopic (exact) mass is 254 g/mol. The lowest BCUT2D eigenvalue weighted by Crippen LogP contribution is -2.60. The van der Waals surface area contributed by atoms with Gasteiger partial charge in [0.15, 0.2) is 0 Å². The molecule has 3 atom stereocenters. The van der Waals surface area contributed by atoms with E-state index < -0.39 is 0 Å². The normalized spacial score (nSPS) is 23.8.